The van der Waals surface area contributed by atoms with Gasteiger partial charge in [0.25, 0.3) is 0 Å². The lowest BCUT2D eigenvalue weighted by molar-refractivity contribution is 0.643. The van der Waals surface area contributed by atoms with Crippen molar-refractivity contribution in [3.63, 3.8) is 0 Å². The van der Waals surface area contributed by atoms with E-state index in [0.29, 0.717) is 16.0 Å². The lowest BCUT2D eigenvalue weighted by Gasteiger charge is -2.11. The second-order valence-corrected chi connectivity index (χ2v) is 7.54. The Hall–Kier alpha value is -2.38. The van der Waals surface area contributed by atoms with Crippen LogP contribution >= 0.6 is 11.6 Å². The quantitative estimate of drug-likeness (QED) is 0.243. The minimum atomic E-state index is -0.177. The van der Waals surface area contributed by atoms with Crippen LogP contribution < -0.4 is 0 Å². The maximum Gasteiger partial charge on any atom is 0.138 e. The van der Waals surface area contributed by atoms with Crippen LogP contribution in [0.3, 0.4) is 0 Å². The summed E-state index contributed by atoms with van der Waals surface area (Å²) in [6, 6.07) is 21.7. The van der Waals surface area contributed by atoms with E-state index < -0.39 is 0 Å². The van der Waals surface area contributed by atoms with Gasteiger partial charge in [-0.2, -0.15) is 0 Å². The van der Waals surface area contributed by atoms with Gasteiger partial charge in [0, 0.05) is 16.0 Å². The summed E-state index contributed by atoms with van der Waals surface area (Å²) in [6.45, 7) is 2.22. The normalized spacial score (nSPS) is 11.4. The summed E-state index contributed by atoms with van der Waals surface area (Å²) < 4.78 is 15.2. The summed E-state index contributed by atoms with van der Waals surface area (Å²) >= 11 is 5.96. The molecule has 0 N–H and O–H groups in total. The lowest BCUT2D eigenvalue weighted by Crippen LogP contribution is -1.90. The Morgan fingerprint density at radius 1 is 0.778 bits per heavy atom. The van der Waals surface area contributed by atoms with Gasteiger partial charge >= 0.3 is 0 Å². The van der Waals surface area contributed by atoms with Crippen LogP contribution in [0.25, 0.3) is 32.7 Å². The highest BCUT2D eigenvalue weighted by Gasteiger charge is 2.11. The van der Waals surface area contributed by atoms with Crippen LogP contribution in [0.2, 0.25) is 5.02 Å². The molecule has 0 amide bonds. The zero-order chi connectivity index (χ0) is 18.8. The van der Waals surface area contributed by atoms with Crippen LogP contribution in [0.1, 0.15) is 31.7 Å². The minimum Gasteiger partial charge on any atom is -0.206 e. The van der Waals surface area contributed by atoms with Crippen molar-refractivity contribution < 1.29 is 4.39 Å². The van der Waals surface area contributed by atoms with Gasteiger partial charge in [-0.05, 0) is 52.3 Å². The van der Waals surface area contributed by atoms with E-state index in [1.807, 2.05) is 36.4 Å². The van der Waals surface area contributed by atoms with Crippen molar-refractivity contribution in [2.45, 2.75) is 32.6 Å². The molecule has 0 saturated carbocycles. The van der Waals surface area contributed by atoms with Gasteiger partial charge in [0.2, 0.25) is 0 Å². The highest BCUT2D eigenvalue weighted by atomic mass is 35.5. The smallest absolute Gasteiger partial charge is 0.138 e. The molecule has 0 aromatic heterocycles. The molecular weight excluding hydrogens is 355 g/mol. The van der Waals surface area contributed by atoms with E-state index in [0.717, 1.165) is 22.8 Å². The van der Waals surface area contributed by atoms with Crippen LogP contribution in [0.15, 0.2) is 66.7 Å². The Kier molecular flexibility index (Phi) is 5.13. The average molecular weight is 377 g/mol. The Morgan fingerprint density at radius 2 is 1.52 bits per heavy atom. The molecule has 0 unspecified atom stereocenters. The van der Waals surface area contributed by atoms with Gasteiger partial charge in [0.15, 0.2) is 0 Å². The number of aryl methyl sites for hydroxylation is 1. The maximum atomic E-state index is 15.2. The molecule has 4 aromatic rings. The van der Waals surface area contributed by atoms with Crippen molar-refractivity contribution in [3.8, 4) is 11.1 Å². The fourth-order valence-corrected chi connectivity index (χ4v) is 3.87. The first kappa shape index (κ1) is 18.0. The zero-order valence-corrected chi connectivity index (χ0v) is 16.2. The van der Waals surface area contributed by atoms with Crippen molar-refractivity contribution in [1.82, 2.24) is 0 Å². The molecule has 136 valence electrons. The van der Waals surface area contributed by atoms with E-state index in [-0.39, 0.29) is 5.82 Å². The molecule has 0 nitrogen and oxygen atoms in total. The highest BCUT2D eigenvalue weighted by Crippen LogP contribution is 2.33. The van der Waals surface area contributed by atoms with Crippen molar-refractivity contribution >= 4 is 33.1 Å². The van der Waals surface area contributed by atoms with E-state index in [4.69, 9.17) is 11.6 Å². The number of rotatable bonds is 5. The number of benzene rings is 4. The van der Waals surface area contributed by atoms with Crippen LogP contribution in [0.4, 0.5) is 4.39 Å². The first-order chi connectivity index (χ1) is 13.2. The summed E-state index contributed by atoms with van der Waals surface area (Å²) in [5.41, 5.74) is 2.80. The minimum absolute atomic E-state index is 0.177. The van der Waals surface area contributed by atoms with E-state index in [1.165, 1.54) is 30.2 Å². The Morgan fingerprint density at radius 3 is 2.30 bits per heavy atom. The number of hydrogen-bond donors (Lipinski definition) is 0. The molecule has 0 aliphatic carbocycles. The Balaban J connectivity index is 1.78. The SMILES string of the molecule is CCCCCc1ccc2c(ccc3c(F)c(-c4ccc(Cl)cc4)ccc32)c1. The molecule has 0 aliphatic rings. The summed E-state index contributed by atoms with van der Waals surface area (Å²) in [4.78, 5) is 0. The Bertz CT molecular complexity index is 1100. The van der Waals surface area contributed by atoms with Crippen molar-refractivity contribution in [3.05, 3.63) is 83.1 Å². The fraction of sp³-hybridized carbons (Fsp3) is 0.200. The third kappa shape index (κ3) is 3.57. The van der Waals surface area contributed by atoms with Crippen molar-refractivity contribution in [2.75, 3.05) is 0 Å². The van der Waals surface area contributed by atoms with E-state index in [1.54, 1.807) is 12.1 Å². The molecule has 0 spiro atoms. The van der Waals surface area contributed by atoms with Gasteiger partial charge in [-0.1, -0.05) is 86.0 Å². The van der Waals surface area contributed by atoms with Gasteiger partial charge < -0.3 is 0 Å². The standard InChI is InChI=1S/C25H22ClF/c1-2-3-4-5-17-6-12-21-19(16-17)9-13-24-23(21)15-14-22(25(24)27)18-7-10-20(26)11-8-18/h6-16H,2-5H2,1H3. The third-order valence-corrected chi connectivity index (χ3v) is 5.49. The molecule has 0 fully saturated rings. The molecule has 2 heteroatoms. The van der Waals surface area contributed by atoms with E-state index in [2.05, 4.69) is 25.1 Å². The molecular formula is C25H22ClF. The molecule has 4 rings (SSSR count). The number of unbranched alkanes of at least 4 members (excludes halogenated alkanes) is 2. The predicted molar refractivity (Wildman–Crippen MR) is 115 cm³/mol. The number of hydrogen-bond acceptors (Lipinski definition) is 0. The zero-order valence-electron chi connectivity index (χ0n) is 15.4. The predicted octanol–water partition coefficient (Wildman–Crippen LogP) is 8.19. The number of fused-ring (bicyclic) bond motifs is 3. The molecule has 0 atom stereocenters. The maximum absolute atomic E-state index is 15.2. The van der Waals surface area contributed by atoms with Crippen LogP contribution in [0.5, 0.6) is 0 Å². The van der Waals surface area contributed by atoms with Crippen LogP contribution in [-0.4, -0.2) is 0 Å². The Labute approximate surface area is 164 Å². The lowest BCUT2D eigenvalue weighted by atomic mass is 9.95. The first-order valence-electron chi connectivity index (χ1n) is 9.57. The summed E-state index contributed by atoms with van der Waals surface area (Å²) in [6.07, 6.45) is 4.81. The monoisotopic (exact) mass is 376 g/mol. The van der Waals surface area contributed by atoms with Gasteiger partial charge in [-0.15, -0.1) is 0 Å². The van der Waals surface area contributed by atoms with Gasteiger partial charge in [-0.3, -0.25) is 0 Å². The van der Waals surface area contributed by atoms with Gasteiger partial charge in [-0.25, -0.2) is 4.39 Å². The topological polar surface area (TPSA) is 0 Å². The number of halogens is 2. The molecule has 0 saturated heterocycles. The van der Waals surface area contributed by atoms with Crippen LogP contribution in [0, 0.1) is 5.82 Å². The summed E-state index contributed by atoms with van der Waals surface area (Å²) in [5, 5.41) is 4.56. The molecule has 0 bridgehead atoms. The van der Waals surface area contributed by atoms with Gasteiger partial charge in [0.1, 0.15) is 5.82 Å². The summed E-state index contributed by atoms with van der Waals surface area (Å²) in [7, 11) is 0. The average Bonchev–Trinajstić information content (AvgIpc) is 2.69. The molecule has 27 heavy (non-hydrogen) atoms. The van der Waals surface area contributed by atoms with Gasteiger partial charge in [0.05, 0.1) is 0 Å². The molecule has 0 radical (unpaired) electrons. The summed E-state index contributed by atoms with van der Waals surface area (Å²) in [5.74, 6) is -0.177. The van der Waals surface area contributed by atoms with Crippen LogP contribution in [-0.2, 0) is 6.42 Å². The molecule has 0 heterocycles. The second kappa shape index (κ2) is 7.70. The van der Waals surface area contributed by atoms with Crippen molar-refractivity contribution in [1.29, 1.82) is 0 Å². The fourth-order valence-electron chi connectivity index (χ4n) is 3.75. The first-order valence-corrected chi connectivity index (χ1v) is 9.95. The largest absolute Gasteiger partial charge is 0.206 e. The van der Waals surface area contributed by atoms with E-state index >= 15 is 4.39 Å². The molecule has 4 aromatic carbocycles. The van der Waals surface area contributed by atoms with E-state index in [9.17, 15) is 0 Å². The van der Waals surface area contributed by atoms with Crippen molar-refractivity contribution in [2.24, 2.45) is 0 Å². The second-order valence-electron chi connectivity index (χ2n) is 7.11. The third-order valence-electron chi connectivity index (χ3n) is 5.24. The molecule has 0 aliphatic heterocycles. The highest BCUT2D eigenvalue weighted by molar-refractivity contribution is 6.30.